The van der Waals surface area contributed by atoms with Gasteiger partial charge in [0.25, 0.3) is 0 Å². The first-order valence-corrected chi connectivity index (χ1v) is 11.5. The SMILES string of the molecule is COc1ccc(CCN(Cc2ccco2)C(=O)CN(C(=O)Nc2ccccc2)C(C)C)cc1OC. The van der Waals surface area contributed by atoms with E-state index < -0.39 is 0 Å². The van der Waals surface area contributed by atoms with Crippen molar-refractivity contribution in [2.45, 2.75) is 32.9 Å². The molecule has 8 nitrogen and oxygen atoms in total. The van der Waals surface area contributed by atoms with Crippen molar-refractivity contribution < 1.29 is 23.5 Å². The molecule has 0 saturated heterocycles. The van der Waals surface area contributed by atoms with Crippen molar-refractivity contribution in [2.24, 2.45) is 0 Å². The first kappa shape index (κ1) is 25.7. The second-order valence-electron chi connectivity index (χ2n) is 8.35. The summed E-state index contributed by atoms with van der Waals surface area (Å²) in [6.45, 7) is 4.48. The molecule has 1 aromatic heterocycles. The number of carbonyl (C=O) groups is 2. The molecule has 0 spiro atoms. The second-order valence-corrected chi connectivity index (χ2v) is 8.35. The fourth-order valence-electron chi connectivity index (χ4n) is 3.63. The van der Waals surface area contributed by atoms with Gasteiger partial charge in [-0.05, 0) is 62.2 Å². The summed E-state index contributed by atoms with van der Waals surface area (Å²) in [4.78, 5) is 29.6. The monoisotopic (exact) mass is 479 g/mol. The van der Waals surface area contributed by atoms with Crippen LogP contribution in [0.15, 0.2) is 71.3 Å². The van der Waals surface area contributed by atoms with Gasteiger partial charge in [0, 0.05) is 18.3 Å². The molecule has 0 radical (unpaired) electrons. The highest BCUT2D eigenvalue weighted by Crippen LogP contribution is 2.27. The Morgan fingerprint density at radius 2 is 1.71 bits per heavy atom. The van der Waals surface area contributed by atoms with Crippen LogP contribution in [-0.4, -0.2) is 55.1 Å². The van der Waals surface area contributed by atoms with Crippen LogP contribution >= 0.6 is 0 Å². The van der Waals surface area contributed by atoms with E-state index in [1.807, 2.05) is 68.4 Å². The van der Waals surface area contributed by atoms with Gasteiger partial charge in [-0.1, -0.05) is 24.3 Å². The molecule has 3 aromatic rings. The van der Waals surface area contributed by atoms with Gasteiger partial charge in [-0.25, -0.2) is 4.79 Å². The number of para-hydroxylation sites is 1. The van der Waals surface area contributed by atoms with Gasteiger partial charge in [0.2, 0.25) is 5.91 Å². The number of ether oxygens (including phenoxy) is 2. The lowest BCUT2D eigenvalue weighted by Gasteiger charge is -2.30. The molecule has 35 heavy (non-hydrogen) atoms. The number of furan rings is 1. The first-order valence-electron chi connectivity index (χ1n) is 11.5. The van der Waals surface area contributed by atoms with Crippen LogP contribution in [0, 0.1) is 0 Å². The standard InChI is InChI=1S/C27H33N3O5/c1-20(2)30(27(32)28-22-9-6-5-7-10-22)19-26(31)29(18-23-11-8-16-35-23)15-14-21-12-13-24(33-3)25(17-21)34-4/h5-13,16-17,20H,14-15,18-19H2,1-4H3,(H,28,32). The third-order valence-corrected chi connectivity index (χ3v) is 5.61. The number of methoxy groups -OCH3 is 2. The zero-order chi connectivity index (χ0) is 25.2. The van der Waals surface area contributed by atoms with Crippen LogP contribution in [0.3, 0.4) is 0 Å². The molecule has 0 aliphatic heterocycles. The van der Waals surface area contributed by atoms with E-state index in [0.717, 1.165) is 5.56 Å². The molecule has 0 atom stereocenters. The molecule has 3 amide bonds. The molecule has 0 fully saturated rings. The van der Waals surface area contributed by atoms with Gasteiger partial charge < -0.3 is 29.0 Å². The van der Waals surface area contributed by atoms with Crippen molar-refractivity contribution >= 4 is 17.6 Å². The smallest absolute Gasteiger partial charge is 0.322 e. The minimum atomic E-state index is -0.322. The fourth-order valence-corrected chi connectivity index (χ4v) is 3.63. The highest BCUT2D eigenvalue weighted by atomic mass is 16.5. The number of amides is 3. The van der Waals surface area contributed by atoms with Crippen LogP contribution in [0.2, 0.25) is 0 Å². The molecule has 0 unspecified atom stereocenters. The van der Waals surface area contributed by atoms with E-state index in [-0.39, 0.29) is 24.5 Å². The van der Waals surface area contributed by atoms with E-state index in [9.17, 15) is 9.59 Å². The number of urea groups is 1. The summed E-state index contributed by atoms with van der Waals surface area (Å²) in [5.74, 6) is 1.79. The molecule has 186 valence electrons. The molecular formula is C27H33N3O5. The number of nitrogens with zero attached hydrogens (tertiary/aromatic N) is 2. The van der Waals surface area contributed by atoms with Crippen LogP contribution in [0.1, 0.15) is 25.2 Å². The summed E-state index contributed by atoms with van der Waals surface area (Å²) in [6.07, 6.45) is 2.19. The number of hydrogen-bond acceptors (Lipinski definition) is 5. The van der Waals surface area contributed by atoms with E-state index in [2.05, 4.69) is 5.32 Å². The molecule has 8 heteroatoms. The van der Waals surface area contributed by atoms with Gasteiger partial charge in [-0.2, -0.15) is 0 Å². The fraction of sp³-hybridized carbons (Fsp3) is 0.333. The molecule has 2 aromatic carbocycles. The number of rotatable bonds is 11. The Balaban J connectivity index is 1.72. The summed E-state index contributed by atoms with van der Waals surface area (Å²) in [6, 6.07) is 18.0. The van der Waals surface area contributed by atoms with Crippen LogP contribution < -0.4 is 14.8 Å². The third kappa shape index (κ3) is 7.27. The quantitative estimate of drug-likeness (QED) is 0.427. The Morgan fingerprint density at radius 3 is 2.34 bits per heavy atom. The van der Waals surface area contributed by atoms with Gasteiger partial charge in [-0.15, -0.1) is 0 Å². The number of carbonyl (C=O) groups excluding carboxylic acids is 2. The average Bonchev–Trinajstić information content (AvgIpc) is 3.38. The maximum atomic E-state index is 13.4. The lowest BCUT2D eigenvalue weighted by molar-refractivity contribution is -0.133. The Bertz CT molecular complexity index is 1080. The Morgan fingerprint density at radius 1 is 0.971 bits per heavy atom. The van der Waals surface area contributed by atoms with Crippen molar-refractivity contribution in [2.75, 3.05) is 32.6 Å². The predicted octanol–water partition coefficient (Wildman–Crippen LogP) is 4.81. The minimum absolute atomic E-state index is 0.0526. The number of hydrogen-bond donors (Lipinski definition) is 1. The van der Waals surface area contributed by atoms with E-state index in [0.29, 0.717) is 42.5 Å². The van der Waals surface area contributed by atoms with Crippen molar-refractivity contribution in [1.82, 2.24) is 9.80 Å². The van der Waals surface area contributed by atoms with Gasteiger partial charge in [-0.3, -0.25) is 4.79 Å². The maximum Gasteiger partial charge on any atom is 0.322 e. The molecule has 0 saturated carbocycles. The van der Waals surface area contributed by atoms with Gasteiger partial charge in [0.15, 0.2) is 11.5 Å². The lowest BCUT2D eigenvalue weighted by Crippen LogP contribution is -2.47. The maximum absolute atomic E-state index is 13.4. The predicted molar refractivity (Wildman–Crippen MR) is 135 cm³/mol. The number of nitrogens with one attached hydrogen (secondary N) is 1. The normalized spacial score (nSPS) is 10.7. The van der Waals surface area contributed by atoms with Crippen LogP contribution in [0.5, 0.6) is 11.5 Å². The summed E-state index contributed by atoms with van der Waals surface area (Å²) in [5, 5.41) is 2.87. The summed E-state index contributed by atoms with van der Waals surface area (Å²) < 4.78 is 16.2. The average molecular weight is 480 g/mol. The van der Waals surface area contributed by atoms with Crippen molar-refractivity contribution in [3.63, 3.8) is 0 Å². The first-order chi connectivity index (χ1) is 16.9. The van der Waals surface area contributed by atoms with Gasteiger partial charge in [0.05, 0.1) is 27.0 Å². The van der Waals surface area contributed by atoms with Crippen LogP contribution in [-0.2, 0) is 17.8 Å². The minimum Gasteiger partial charge on any atom is -0.493 e. The summed E-state index contributed by atoms with van der Waals surface area (Å²) >= 11 is 0. The molecule has 0 aliphatic carbocycles. The van der Waals surface area contributed by atoms with Crippen LogP contribution in [0.25, 0.3) is 0 Å². The molecule has 1 N–H and O–H groups in total. The Kier molecular flexibility index (Phi) is 9.17. The Labute approximate surface area is 206 Å². The van der Waals surface area contributed by atoms with Gasteiger partial charge in [0.1, 0.15) is 12.3 Å². The zero-order valence-corrected chi connectivity index (χ0v) is 20.7. The highest BCUT2D eigenvalue weighted by Gasteiger charge is 2.24. The van der Waals surface area contributed by atoms with Gasteiger partial charge >= 0.3 is 6.03 Å². The van der Waals surface area contributed by atoms with Crippen molar-refractivity contribution in [3.05, 3.63) is 78.3 Å². The van der Waals surface area contributed by atoms with E-state index in [1.54, 1.807) is 31.4 Å². The van der Waals surface area contributed by atoms with Crippen LogP contribution in [0.4, 0.5) is 10.5 Å². The summed E-state index contributed by atoms with van der Waals surface area (Å²) in [5.41, 5.74) is 1.68. The lowest BCUT2D eigenvalue weighted by atomic mass is 10.1. The second kappa shape index (κ2) is 12.5. The molecular weight excluding hydrogens is 446 g/mol. The topological polar surface area (TPSA) is 84.2 Å². The van der Waals surface area contributed by atoms with E-state index in [1.165, 1.54) is 4.90 Å². The van der Waals surface area contributed by atoms with Crippen molar-refractivity contribution in [1.29, 1.82) is 0 Å². The van der Waals surface area contributed by atoms with Crippen molar-refractivity contribution in [3.8, 4) is 11.5 Å². The number of benzene rings is 2. The summed E-state index contributed by atoms with van der Waals surface area (Å²) in [7, 11) is 3.19. The largest absolute Gasteiger partial charge is 0.493 e. The van der Waals surface area contributed by atoms with E-state index >= 15 is 0 Å². The third-order valence-electron chi connectivity index (χ3n) is 5.61. The molecule has 3 rings (SSSR count). The molecule has 0 aliphatic rings. The highest BCUT2D eigenvalue weighted by molar-refractivity contribution is 5.92. The Hall–Kier alpha value is -3.94. The van der Waals surface area contributed by atoms with E-state index in [4.69, 9.17) is 13.9 Å². The molecule has 1 heterocycles. The molecule has 0 bridgehead atoms. The zero-order valence-electron chi connectivity index (χ0n) is 20.7. The number of anilines is 1.